The van der Waals surface area contributed by atoms with Crippen molar-refractivity contribution >= 4 is 10.0 Å². The molecule has 1 aromatic carbocycles. The van der Waals surface area contributed by atoms with Gasteiger partial charge in [0, 0.05) is 6.04 Å². The maximum Gasteiger partial charge on any atom is 0.216 e. The number of rotatable bonds is 8. The van der Waals surface area contributed by atoms with Crippen LogP contribution in [0.3, 0.4) is 0 Å². The molecule has 0 spiro atoms. The molecule has 22 heavy (non-hydrogen) atoms. The van der Waals surface area contributed by atoms with E-state index in [1.807, 2.05) is 30.3 Å². The molecule has 0 aromatic heterocycles. The Morgan fingerprint density at radius 2 is 1.77 bits per heavy atom. The highest BCUT2D eigenvalue weighted by molar-refractivity contribution is 7.90. The molecule has 0 amide bonds. The van der Waals surface area contributed by atoms with Gasteiger partial charge in [-0.1, -0.05) is 30.3 Å². The number of hydrogen-bond donors (Lipinski definition) is 3. The largest absolute Gasteiger partial charge is 0.394 e. The third-order valence-corrected chi connectivity index (χ3v) is 5.78. The molecule has 1 rings (SSSR count). The SMILES string of the molecule is CC(C)(C)S(=O)(=O)N[C@@H](CCc1ccccc1)C[C@H](O)CO. The van der Waals surface area contributed by atoms with E-state index in [4.69, 9.17) is 5.11 Å². The van der Waals surface area contributed by atoms with Gasteiger partial charge in [-0.15, -0.1) is 0 Å². The predicted molar refractivity (Wildman–Crippen MR) is 88.1 cm³/mol. The molecule has 1 aromatic rings. The lowest BCUT2D eigenvalue weighted by Gasteiger charge is -2.26. The van der Waals surface area contributed by atoms with Crippen LogP contribution < -0.4 is 4.72 Å². The Labute approximate surface area is 133 Å². The third kappa shape index (κ3) is 6.04. The van der Waals surface area contributed by atoms with E-state index in [0.29, 0.717) is 12.8 Å². The third-order valence-electron chi connectivity index (χ3n) is 3.52. The van der Waals surface area contributed by atoms with Crippen LogP contribution in [0.2, 0.25) is 0 Å². The van der Waals surface area contributed by atoms with Gasteiger partial charge in [0.25, 0.3) is 0 Å². The lowest BCUT2D eigenvalue weighted by Crippen LogP contribution is -2.46. The van der Waals surface area contributed by atoms with Crippen LogP contribution in [0.1, 0.15) is 39.2 Å². The van der Waals surface area contributed by atoms with E-state index in [-0.39, 0.29) is 13.0 Å². The van der Waals surface area contributed by atoms with Crippen molar-refractivity contribution in [2.24, 2.45) is 0 Å². The van der Waals surface area contributed by atoms with Crippen molar-refractivity contribution in [2.75, 3.05) is 6.61 Å². The first-order chi connectivity index (χ1) is 10.2. The molecule has 0 saturated carbocycles. The average molecular weight is 329 g/mol. The van der Waals surface area contributed by atoms with Crippen molar-refractivity contribution < 1.29 is 18.6 Å². The molecule has 6 heteroatoms. The van der Waals surface area contributed by atoms with E-state index in [1.165, 1.54) is 0 Å². The number of hydrogen-bond acceptors (Lipinski definition) is 4. The van der Waals surface area contributed by atoms with Gasteiger partial charge in [-0.3, -0.25) is 0 Å². The summed E-state index contributed by atoms with van der Waals surface area (Å²) in [6.45, 7) is 4.52. The van der Waals surface area contributed by atoms with Crippen molar-refractivity contribution in [3.05, 3.63) is 35.9 Å². The topological polar surface area (TPSA) is 86.6 Å². The van der Waals surface area contributed by atoms with Gasteiger partial charge in [-0.05, 0) is 45.6 Å². The Morgan fingerprint density at radius 3 is 2.27 bits per heavy atom. The van der Waals surface area contributed by atoms with Gasteiger partial charge in [0.2, 0.25) is 10.0 Å². The van der Waals surface area contributed by atoms with Gasteiger partial charge in [-0.2, -0.15) is 0 Å². The first kappa shape index (κ1) is 19.1. The molecule has 0 saturated heterocycles. The molecular formula is C16H27NO4S. The Kier molecular flexibility index (Phi) is 6.99. The molecule has 0 radical (unpaired) electrons. The number of benzene rings is 1. The van der Waals surface area contributed by atoms with Crippen LogP contribution in [0.25, 0.3) is 0 Å². The van der Waals surface area contributed by atoms with Crippen LogP contribution in [-0.2, 0) is 16.4 Å². The maximum absolute atomic E-state index is 12.3. The zero-order valence-corrected chi connectivity index (χ0v) is 14.3. The van der Waals surface area contributed by atoms with E-state index in [1.54, 1.807) is 20.8 Å². The minimum Gasteiger partial charge on any atom is -0.394 e. The highest BCUT2D eigenvalue weighted by atomic mass is 32.2. The van der Waals surface area contributed by atoms with Crippen LogP contribution in [0.15, 0.2) is 30.3 Å². The van der Waals surface area contributed by atoms with Gasteiger partial charge >= 0.3 is 0 Å². The quantitative estimate of drug-likeness (QED) is 0.674. The van der Waals surface area contributed by atoms with E-state index in [2.05, 4.69) is 4.72 Å². The van der Waals surface area contributed by atoms with E-state index < -0.39 is 26.9 Å². The second-order valence-corrected chi connectivity index (χ2v) is 8.99. The highest BCUT2D eigenvalue weighted by Gasteiger charge is 2.31. The number of nitrogens with one attached hydrogen (secondary N) is 1. The first-order valence-corrected chi connectivity index (χ1v) is 8.99. The standard InChI is InChI=1S/C16H27NO4S/c1-16(2,3)22(20,21)17-14(11-15(19)12-18)10-9-13-7-5-4-6-8-13/h4-8,14-15,17-19H,9-12H2,1-3H3/t14-,15-/m0/s1. The van der Waals surface area contributed by atoms with Crippen LogP contribution in [0.4, 0.5) is 0 Å². The molecule has 0 fully saturated rings. The molecule has 2 atom stereocenters. The Balaban J connectivity index is 2.76. The van der Waals surface area contributed by atoms with E-state index >= 15 is 0 Å². The summed E-state index contributed by atoms with van der Waals surface area (Å²) in [4.78, 5) is 0. The Hall–Kier alpha value is -0.950. The smallest absolute Gasteiger partial charge is 0.216 e. The summed E-state index contributed by atoms with van der Waals surface area (Å²) in [5, 5.41) is 18.6. The molecule has 0 unspecified atom stereocenters. The fraction of sp³-hybridized carbons (Fsp3) is 0.625. The number of sulfonamides is 1. The molecule has 0 bridgehead atoms. The first-order valence-electron chi connectivity index (χ1n) is 7.50. The summed E-state index contributed by atoms with van der Waals surface area (Å²) in [6, 6.07) is 9.36. The molecular weight excluding hydrogens is 302 g/mol. The molecule has 0 heterocycles. The van der Waals surface area contributed by atoms with Crippen molar-refractivity contribution in [1.29, 1.82) is 0 Å². The zero-order valence-electron chi connectivity index (χ0n) is 13.5. The van der Waals surface area contributed by atoms with Gasteiger partial charge < -0.3 is 10.2 Å². The minimum atomic E-state index is -3.50. The minimum absolute atomic E-state index is 0.193. The number of aliphatic hydroxyl groups is 2. The average Bonchev–Trinajstić information content (AvgIpc) is 2.44. The summed E-state index contributed by atoms with van der Waals surface area (Å²) in [6.07, 6.45) is 0.536. The second kappa shape index (κ2) is 8.06. The van der Waals surface area contributed by atoms with Gasteiger partial charge in [0.1, 0.15) is 0 Å². The fourth-order valence-electron chi connectivity index (χ4n) is 2.01. The molecule has 0 aliphatic carbocycles. The molecule has 126 valence electrons. The summed E-state index contributed by atoms with van der Waals surface area (Å²) < 4.78 is 26.3. The monoisotopic (exact) mass is 329 g/mol. The van der Waals surface area contributed by atoms with Crippen LogP contribution in [0.5, 0.6) is 0 Å². The molecule has 0 aliphatic heterocycles. The fourth-order valence-corrected chi connectivity index (χ4v) is 3.02. The lowest BCUT2D eigenvalue weighted by molar-refractivity contribution is 0.0804. The zero-order chi connectivity index (χ0) is 16.8. The highest BCUT2D eigenvalue weighted by Crippen LogP contribution is 2.17. The Morgan fingerprint density at radius 1 is 1.18 bits per heavy atom. The maximum atomic E-state index is 12.3. The van der Waals surface area contributed by atoms with Crippen LogP contribution >= 0.6 is 0 Å². The van der Waals surface area contributed by atoms with Gasteiger partial charge in [0.15, 0.2) is 0 Å². The number of aryl methyl sites for hydroxylation is 1. The van der Waals surface area contributed by atoms with Crippen molar-refractivity contribution in [3.8, 4) is 0 Å². The van der Waals surface area contributed by atoms with Crippen LogP contribution in [0, 0.1) is 0 Å². The van der Waals surface area contributed by atoms with Gasteiger partial charge in [-0.25, -0.2) is 13.1 Å². The predicted octanol–water partition coefficient (Wildman–Crippen LogP) is 1.45. The molecule has 3 N–H and O–H groups in total. The van der Waals surface area contributed by atoms with E-state index in [0.717, 1.165) is 5.56 Å². The second-order valence-electron chi connectivity index (χ2n) is 6.53. The summed E-state index contributed by atoms with van der Waals surface area (Å²) >= 11 is 0. The van der Waals surface area contributed by atoms with E-state index in [9.17, 15) is 13.5 Å². The van der Waals surface area contributed by atoms with Crippen LogP contribution in [-0.4, -0.2) is 42.1 Å². The number of aliphatic hydroxyl groups excluding tert-OH is 2. The van der Waals surface area contributed by atoms with Gasteiger partial charge in [0.05, 0.1) is 17.5 Å². The summed E-state index contributed by atoms with van der Waals surface area (Å²) in [5.41, 5.74) is 1.11. The molecule has 0 aliphatic rings. The Bertz CT molecular complexity index is 537. The van der Waals surface area contributed by atoms with Crippen molar-refractivity contribution in [1.82, 2.24) is 4.72 Å². The van der Waals surface area contributed by atoms with Crippen molar-refractivity contribution in [2.45, 2.75) is 56.9 Å². The normalized spacial score (nSPS) is 15.5. The van der Waals surface area contributed by atoms with Crippen molar-refractivity contribution in [3.63, 3.8) is 0 Å². The lowest BCUT2D eigenvalue weighted by atomic mass is 10.0. The molecule has 5 nitrogen and oxygen atoms in total. The summed E-state index contributed by atoms with van der Waals surface area (Å²) in [7, 11) is -3.50. The summed E-state index contributed by atoms with van der Waals surface area (Å²) in [5.74, 6) is 0.